The molecule has 0 saturated heterocycles. The van der Waals surface area contributed by atoms with Gasteiger partial charge in [0.25, 0.3) is 0 Å². The maximum Gasteiger partial charge on any atom is 0.224 e. The largest absolute Gasteiger partial charge is 0.371 e. The van der Waals surface area contributed by atoms with Gasteiger partial charge in [-0.05, 0) is 36.6 Å². The van der Waals surface area contributed by atoms with Crippen LogP contribution in [0.3, 0.4) is 0 Å². The number of amides is 1. The summed E-state index contributed by atoms with van der Waals surface area (Å²) >= 11 is 0. The van der Waals surface area contributed by atoms with E-state index in [4.69, 9.17) is 0 Å². The fraction of sp³-hybridized carbons (Fsp3) is 0.350. The molecule has 1 heterocycles. The van der Waals surface area contributed by atoms with Gasteiger partial charge in [-0.15, -0.1) is 0 Å². The molecule has 3 heteroatoms. The summed E-state index contributed by atoms with van der Waals surface area (Å²) in [5.74, 6) is 0.258. The minimum Gasteiger partial charge on any atom is -0.371 e. The highest BCUT2D eigenvalue weighted by molar-refractivity contribution is 5.77. The summed E-state index contributed by atoms with van der Waals surface area (Å²) in [6.45, 7) is 5.42. The zero-order valence-corrected chi connectivity index (χ0v) is 13.7. The van der Waals surface area contributed by atoms with Gasteiger partial charge in [0.05, 0.1) is 0 Å². The number of fused-ring (bicyclic) bond motifs is 1. The van der Waals surface area contributed by atoms with Crippen LogP contribution in [0, 0.1) is 0 Å². The average molecular weight is 308 g/mol. The van der Waals surface area contributed by atoms with Gasteiger partial charge >= 0.3 is 0 Å². The van der Waals surface area contributed by atoms with E-state index >= 15 is 0 Å². The summed E-state index contributed by atoms with van der Waals surface area (Å²) in [5.41, 5.74) is 3.87. The lowest BCUT2D eigenvalue weighted by atomic mass is 10.00. The van der Waals surface area contributed by atoms with Gasteiger partial charge in [0, 0.05) is 38.3 Å². The molecule has 0 spiro atoms. The summed E-state index contributed by atoms with van der Waals surface area (Å²) < 4.78 is 0. The normalized spacial score (nSPS) is 13.5. The van der Waals surface area contributed by atoms with Gasteiger partial charge in [-0.3, -0.25) is 4.79 Å². The highest BCUT2D eigenvalue weighted by Gasteiger charge is 2.20. The Morgan fingerprint density at radius 2 is 1.74 bits per heavy atom. The number of anilines is 1. The summed E-state index contributed by atoms with van der Waals surface area (Å²) in [7, 11) is 0. The van der Waals surface area contributed by atoms with Crippen LogP contribution in [0.4, 0.5) is 5.69 Å². The summed E-state index contributed by atoms with van der Waals surface area (Å²) in [6.07, 6.45) is 1.54. The standard InChI is InChI=1S/C20H24N2O/c1-2-21(19-10-4-3-5-11-19)15-13-20(23)22-14-12-17-8-6-7-9-18(17)16-22/h3-11H,2,12-16H2,1H3. The molecule has 0 unspecified atom stereocenters. The summed E-state index contributed by atoms with van der Waals surface area (Å²) in [4.78, 5) is 16.8. The molecule has 3 nitrogen and oxygen atoms in total. The van der Waals surface area contributed by atoms with Gasteiger partial charge in [-0.1, -0.05) is 42.5 Å². The lowest BCUT2D eigenvalue weighted by Crippen LogP contribution is -2.38. The molecule has 0 radical (unpaired) electrons. The average Bonchev–Trinajstić information content (AvgIpc) is 2.62. The van der Waals surface area contributed by atoms with Crippen molar-refractivity contribution in [3.8, 4) is 0 Å². The fourth-order valence-electron chi connectivity index (χ4n) is 3.21. The number of rotatable bonds is 5. The maximum atomic E-state index is 12.6. The molecule has 1 aliphatic rings. The smallest absolute Gasteiger partial charge is 0.224 e. The van der Waals surface area contributed by atoms with E-state index in [-0.39, 0.29) is 5.91 Å². The predicted molar refractivity (Wildman–Crippen MR) is 94.5 cm³/mol. The van der Waals surface area contributed by atoms with Gasteiger partial charge in [0.1, 0.15) is 0 Å². The van der Waals surface area contributed by atoms with Gasteiger partial charge in [0.2, 0.25) is 5.91 Å². The highest BCUT2D eigenvalue weighted by Crippen LogP contribution is 2.19. The molecule has 0 fully saturated rings. The Bertz CT molecular complexity index is 654. The van der Waals surface area contributed by atoms with Crippen LogP contribution >= 0.6 is 0 Å². The number of hydrogen-bond acceptors (Lipinski definition) is 2. The molecule has 23 heavy (non-hydrogen) atoms. The molecule has 0 atom stereocenters. The molecule has 2 aromatic carbocycles. The molecule has 0 N–H and O–H groups in total. The molecule has 3 rings (SSSR count). The third-order valence-electron chi connectivity index (χ3n) is 4.58. The van der Waals surface area contributed by atoms with E-state index in [1.165, 1.54) is 16.8 Å². The summed E-state index contributed by atoms with van der Waals surface area (Å²) in [5, 5.41) is 0. The zero-order valence-electron chi connectivity index (χ0n) is 13.7. The lowest BCUT2D eigenvalue weighted by molar-refractivity contribution is -0.131. The Hall–Kier alpha value is -2.29. The molecule has 1 aliphatic heterocycles. The minimum atomic E-state index is 0.258. The number of nitrogens with zero attached hydrogens (tertiary/aromatic N) is 2. The van der Waals surface area contributed by atoms with Crippen molar-refractivity contribution in [2.45, 2.75) is 26.3 Å². The second kappa shape index (κ2) is 7.32. The van der Waals surface area contributed by atoms with Crippen LogP contribution in [0.1, 0.15) is 24.5 Å². The SMILES string of the molecule is CCN(CCC(=O)N1CCc2ccccc2C1)c1ccccc1. The summed E-state index contributed by atoms with van der Waals surface area (Å²) in [6, 6.07) is 18.8. The first kappa shape index (κ1) is 15.6. The van der Waals surface area contributed by atoms with Crippen molar-refractivity contribution in [3.05, 3.63) is 65.7 Å². The van der Waals surface area contributed by atoms with E-state index in [1.807, 2.05) is 23.1 Å². The molecule has 2 aromatic rings. The van der Waals surface area contributed by atoms with Crippen molar-refractivity contribution in [3.63, 3.8) is 0 Å². The van der Waals surface area contributed by atoms with E-state index in [1.54, 1.807) is 0 Å². The Labute approximate surface area is 138 Å². The van der Waals surface area contributed by atoms with Crippen molar-refractivity contribution in [1.82, 2.24) is 4.90 Å². The molecule has 0 aliphatic carbocycles. The maximum absolute atomic E-state index is 12.6. The van der Waals surface area contributed by atoms with Crippen LogP contribution in [0.15, 0.2) is 54.6 Å². The van der Waals surface area contributed by atoms with Crippen LogP contribution in [-0.2, 0) is 17.8 Å². The first-order valence-corrected chi connectivity index (χ1v) is 8.42. The molecular weight excluding hydrogens is 284 g/mol. The molecule has 1 amide bonds. The monoisotopic (exact) mass is 308 g/mol. The van der Waals surface area contributed by atoms with Crippen LogP contribution in [0.2, 0.25) is 0 Å². The zero-order chi connectivity index (χ0) is 16.1. The third kappa shape index (κ3) is 3.73. The number of hydrogen-bond donors (Lipinski definition) is 0. The van der Waals surface area contributed by atoms with E-state index in [0.29, 0.717) is 6.42 Å². The Kier molecular flexibility index (Phi) is 4.96. The number of benzene rings is 2. The number of carbonyl (C=O) groups is 1. The topological polar surface area (TPSA) is 23.6 Å². The quantitative estimate of drug-likeness (QED) is 0.844. The van der Waals surface area contributed by atoms with E-state index < -0.39 is 0 Å². The van der Waals surface area contributed by atoms with Gasteiger partial charge in [-0.25, -0.2) is 0 Å². The molecule has 0 aromatic heterocycles. The van der Waals surface area contributed by atoms with Crippen molar-refractivity contribution in [2.75, 3.05) is 24.5 Å². The van der Waals surface area contributed by atoms with Crippen LogP contribution in [0.25, 0.3) is 0 Å². The second-order valence-electron chi connectivity index (χ2n) is 6.00. The van der Waals surface area contributed by atoms with Crippen LogP contribution in [-0.4, -0.2) is 30.4 Å². The van der Waals surface area contributed by atoms with E-state index in [0.717, 1.165) is 32.6 Å². The van der Waals surface area contributed by atoms with Gasteiger partial charge < -0.3 is 9.80 Å². The fourth-order valence-corrected chi connectivity index (χ4v) is 3.21. The van der Waals surface area contributed by atoms with Gasteiger partial charge in [-0.2, -0.15) is 0 Å². The number of carbonyl (C=O) groups excluding carboxylic acids is 1. The van der Waals surface area contributed by atoms with Gasteiger partial charge in [0.15, 0.2) is 0 Å². The minimum absolute atomic E-state index is 0.258. The van der Waals surface area contributed by atoms with Crippen molar-refractivity contribution in [2.24, 2.45) is 0 Å². The van der Waals surface area contributed by atoms with Crippen molar-refractivity contribution in [1.29, 1.82) is 0 Å². The molecule has 0 bridgehead atoms. The second-order valence-corrected chi connectivity index (χ2v) is 6.00. The van der Waals surface area contributed by atoms with Crippen LogP contribution in [0.5, 0.6) is 0 Å². The first-order valence-electron chi connectivity index (χ1n) is 8.42. The molecule has 0 saturated carbocycles. The lowest BCUT2D eigenvalue weighted by Gasteiger charge is -2.30. The number of para-hydroxylation sites is 1. The highest BCUT2D eigenvalue weighted by atomic mass is 16.2. The van der Waals surface area contributed by atoms with Crippen LogP contribution < -0.4 is 4.90 Å². The van der Waals surface area contributed by atoms with Crippen molar-refractivity contribution >= 4 is 11.6 Å². The Morgan fingerprint density at radius 1 is 1.04 bits per heavy atom. The van der Waals surface area contributed by atoms with E-state index in [9.17, 15) is 4.79 Å². The van der Waals surface area contributed by atoms with E-state index in [2.05, 4.69) is 48.2 Å². The predicted octanol–water partition coefficient (Wildman–Crippen LogP) is 3.49. The molecule has 120 valence electrons. The Balaban J connectivity index is 1.57. The Morgan fingerprint density at radius 3 is 2.48 bits per heavy atom. The first-order chi connectivity index (χ1) is 11.3. The molecular formula is C20H24N2O. The third-order valence-corrected chi connectivity index (χ3v) is 4.58. The van der Waals surface area contributed by atoms with Crippen molar-refractivity contribution < 1.29 is 4.79 Å².